The number of amides is 1. The van der Waals surface area contributed by atoms with Gasteiger partial charge in [0.15, 0.2) is 5.82 Å². The molecule has 1 unspecified atom stereocenters. The number of halogens is 1. The van der Waals surface area contributed by atoms with Crippen LogP contribution in [0.1, 0.15) is 18.4 Å². The molecule has 0 saturated carbocycles. The van der Waals surface area contributed by atoms with Gasteiger partial charge < -0.3 is 10.2 Å². The molecule has 5 nitrogen and oxygen atoms in total. The first-order valence-electron chi connectivity index (χ1n) is 10.0. The highest BCUT2D eigenvalue weighted by molar-refractivity contribution is 7.99. The summed E-state index contributed by atoms with van der Waals surface area (Å²) in [4.78, 5) is 25.3. The highest BCUT2D eigenvalue weighted by Gasteiger charge is 2.28. The van der Waals surface area contributed by atoms with E-state index in [4.69, 9.17) is 11.6 Å². The lowest BCUT2D eigenvalue weighted by molar-refractivity contribution is -0.125. The van der Waals surface area contributed by atoms with E-state index in [0.29, 0.717) is 18.1 Å². The molecule has 1 fully saturated rings. The Labute approximate surface area is 185 Å². The van der Waals surface area contributed by atoms with Gasteiger partial charge >= 0.3 is 0 Å². The van der Waals surface area contributed by atoms with Crippen LogP contribution in [0.25, 0.3) is 0 Å². The van der Waals surface area contributed by atoms with E-state index >= 15 is 0 Å². The number of benzene rings is 2. The predicted molar refractivity (Wildman–Crippen MR) is 121 cm³/mol. The van der Waals surface area contributed by atoms with Gasteiger partial charge in [-0.25, -0.2) is 9.97 Å². The van der Waals surface area contributed by atoms with Crippen LogP contribution in [0.2, 0.25) is 5.02 Å². The third-order valence-corrected chi connectivity index (χ3v) is 6.46. The molecule has 2 aromatic carbocycles. The van der Waals surface area contributed by atoms with Crippen molar-refractivity contribution in [2.75, 3.05) is 18.0 Å². The molecule has 7 heteroatoms. The number of hydrogen-bond donors (Lipinski definition) is 1. The third kappa shape index (κ3) is 5.12. The molecule has 0 bridgehead atoms. The summed E-state index contributed by atoms with van der Waals surface area (Å²) in [5, 5.41) is 4.58. The maximum Gasteiger partial charge on any atom is 0.225 e. The monoisotopic (exact) mass is 438 g/mol. The van der Waals surface area contributed by atoms with Crippen molar-refractivity contribution < 1.29 is 4.79 Å². The molecule has 0 aliphatic carbocycles. The molecular weight excluding hydrogens is 416 g/mol. The molecule has 3 aromatic rings. The van der Waals surface area contributed by atoms with E-state index < -0.39 is 0 Å². The molecule has 154 valence electrons. The molecule has 1 N–H and O–H groups in total. The van der Waals surface area contributed by atoms with Gasteiger partial charge in [-0.05, 0) is 36.6 Å². The lowest BCUT2D eigenvalue weighted by Crippen LogP contribution is -2.43. The van der Waals surface area contributed by atoms with Gasteiger partial charge in [0.1, 0.15) is 5.03 Å². The van der Waals surface area contributed by atoms with Crippen LogP contribution in [-0.4, -0.2) is 29.0 Å². The number of anilines is 1. The fourth-order valence-corrected chi connectivity index (χ4v) is 4.66. The topological polar surface area (TPSA) is 58.1 Å². The van der Waals surface area contributed by atoms with Crippen molar-refractivity contribution >= 4 is 35.1 Å². The largest absolute Gasteiger partial charge is 0.354 e. The zero-order valence-electron chi connectivity index (χ0n) is 16.5. The standard InChI is InChI=1S/C23H23ClN4OS/c24-20-11-5-4-7-17(20)15-27-22(29)18-8-6-14-28(16-18)21-23(26-13-12-25-21)30-19-9-2-1-3-10-19/h1-5,7,9-13,18H,6,8,14-16H2,(H,27,29). The van der Waals surface area contributed by atoms with Gasteiger partial charge in [0, 0.05) is 41.9 Å². The van der Waals surface area contributed by atoms with Gasteiger partial charge in [0.2, 0.25) is 5.91 Å². The minimum absolute atomic E-state index is 0.0563. The van der Waals surface area contributed by atoms with Crippen LogP contribution in [0.5, 0.6) is 0 Å². The number of aromatic nitrogens is 2. The number of rotatable bonds is 6. The van der Waals surface area contributed by atoms with Crippen molar-refractivity contribution in [2.24, 2.45) is 5.92 Å². The SMILES string of the molecule is O=C(NCc1ccccc1Cl)C1CCCN(c2nccnc2Sc2ccccc2)C1. The van der Waals surface area contributed by atoms with Crippen molar-refractivity contribution in [2.45, 2.75) is 29.3 Å². The van der Waals surface area contributed by atoms with E-state index in [-0.39, 0.29) is 11.8 Å². The second-order valence-electron chi connectivity index (χ2n) is 7.19. The van der Waals surface area contributed by atoms with Crippen LogP contribution in [-0.2, 0) is 11.3 Å². The zero-order chi connectivity index (χ0) is 20.8. The molecule has 4 rings (SSSR count). The summed E-state index contributed by atoms with van der Waals surface area (Å²) < 4.78 is 0. The number of carbonyl (C=O) groups is 1. The van der Waals surface area contributed by atoms with Gasteiger partial charge in [-0.3, -0.25) is 4.79 Å². The summed E-state index contributed by atoms with van der Waals surface area (Å²) in [6, 6.07) is 17.7. The van der Waals surface area contributed by atoms with Crippen LogP contribution >= 0.6 is 23.4 Å². The second-order valence-corrected chi connectivity index (χ2v) is 8.66. The molecule has 30 heavy (non-hydrogen) atoms. The van der Waals surface area contributed by atoms with Crippen LogP contribution in [0, 0.1) is 5.92 Å². The first-order valence-corrected chi connectivity index (χ1v) is 11.2. The molecule has 0 radical (unpaired) electrons. The fourth-order valence-electron chi connectivity index (χ4n) is 3.56. The zero-order valence-corrected chi connectivity index (χ0v) is 18.1. The average molecular weight is 439 g/mol. The Morgan fingerprint density at radius 1 is 1.10 bits per heavy atom. The Balaban J connectivity index is 1.43. The lowest BCUT2D eigenvalue weighted by Gasteiger charge is -2.33. The van der Waals surface area contributed by atoms with Crippen molar-refractivity contribution in [3.05, 3.63) is 77.6 Å². The van der Waals surface area contributed by atoms with Gasteiger partial charge in [-0.2, -0.15) is 0 Å². The Kier molecular flexibility index (Phi) is 6.87. The summed E-state index contributed by atoms with van der Waals surface area (Å²) in [6.07, 6.45) is 5.24. The fraction of sp³-hybridized carbons (Fsp3) is 0.261. The Morgan fingerprint density at radius 3 is 2.70 bits per heavy atom. The Hall–Kier alpha value is -2.57. The third-order valence-electron chi connectivity index (χ3n) is 5.11. The number of hydrogen-bond acceptors (Lipinski definition) is 5. The molecule has 0 spiro atoms. The second kappa shape index (κ2) is 9.96. The molecule has 1 aliphatic heterocycles. The molecular formula is C23H23ClN4OS. The van der Waals surface area contributed by atoms with Gasteiger partial charge in [-0.1, -0.05) is 59.8 Å². The van der Waals surface area contributed by atoms with Crippen molar-refractivity contribution in [3.8, 4) is 0 Å². The van der Waals surface area contributed by atoms with E-state index in [2.05, 4.69) is 32.3 Å². The summed E-state index contributed by atoms with van der Waals surface area (Å²) in [5.74, 6) is 0.813. The molecule has 1 amide bonds. The normalized spacial score (nSPS) is 16.3. The van der Waals surface area contributed by atoms with Gasteiger partial charge in [0.25, 0.3) is 0 Å². The lowest BCUT2D eigenvalue weighted by atomic mass is 9.97. The van der Waals surface area contributed by atoms with E-state index in [1.165, 1.54) is 0 Å². The molecule has 1 atom stereocenters. The summed E-state index contributed by atoms with van der Waals surface area (Å²) in [7, 11) is 0. The Morgan fingerprint density at radius 2 is 1.87 bits per heavy atom. The van der Waals surface area contributed by atoms with Crippen molar-refractivity contribution in [1.29, 1.82) is 0 Å². The number of nitrogens with one attached hydrogen (secondary N) is 1. The van der Waals surface area contributed by atoms with Crippen LogP contribution in [0.3, 0.4) is 0 Å². The summed E-state index contributed by atoms with van der Waals surface area (Å²) in [5.41, 5.74) is 0.927. The van der Waals surface area contributed by atoms with Gasteiger partial charge in [0.05, 0.1) is 5.92 Å². The van der Waals surface area contributed by atoms with E-state index in [1.807, 2.05) is 42.5 Å². The summed E-state index contributed by atoms with van der Waals surface area (Å²) >= 11 is 7.80. The van der Waals surface area contributed by atoms with Crippen LogP contribution < -0.4 is 10.2 Å². The molecule has 1 aliphatic rings. The van der Waals surface area contributed by atoms with E-state index in [1.54, 1.807) is 24.2 Å². The molecule has 1 aromatic heterocycles. The highest BCUT2D eigenvalue weighted by atomic mass is 35.5. The molecule has 1 saturated heterocycles. The smallest absolute Gasteiger partial charge is 0.225 e. The van der Waals surface area contributed by atoms with Gasteiger partial charge in [-0.15, -0.1) is 0 Å². The van der Waals surface area contributed by atoms with Crippen molar-refractivity contribution in [1.82, 2.24) is 15.3 Å². The van der Waals surface area contributed by atoms with E-state index in [9.17, 15) is 4.79 Å². The quantitative estimate of drug-likeness (QED) is 0.598. The maximum absolute atomic E-state index is 12.8. The van der Waals surface area contributed by atoms with Crippen LogP contribution in [0.4, 0.5) is 5.82 Å². The summed E-state index contributed by atoms with van der Waals surface area (Å²) in [6.45, 7) is 1.94. The minimum Gasteiger partial charge on any atom is -0.354 e. The predicted octanol–water partition coefficient (Wildman–Crippen LogP) is 4.81. The van der Waals surface area contributed by atoms with Crippen LogP contribution in [0.15, 0.2) is 76.9 Å². The Bertz CT molecular complexity index is 1000. The average Bonchev–Trinajstić information content (AvgIpc) is 2.79. The first-order chi connectivity index (χ1) is 14.7. The molecule has 2 heterocycles. The number of nitrogens with zero attached hydrogens (tertiary/aromatic N) is 3. The van der Waals surface area contributed by atoms with E-state index in [0.717, 1.165) is 40.7 Å². The maximum atomic E-state index is 12.8. The number of piperidine rings is 1. The van der Waals surface area contributed by atoms with Crippen molar-refractivity contribution in [3.63, 3.8) is 0 Å². The number of carbonyl (C=O) groups excluding carboxylic acids is 1. The minimum atomic E-state index is -0.0854. The first kappa shape index (κ1) is 20.7. The highest BCUT2D eigenvalue weighted by Crippen LogP contribution is 2.33.